The monoisotopic (exact) mass is 323 g/mol. The first-order valence-corrected chi connectivity index (χ1v) is 7.42. The van der Waals surface area contributed by atoms with Gasteiger partial charge in [-0.3, -0.25) is 4.79 Å². The first-order chi connectivity index (χ1) is 11.5. The number of nitrogens with one attached hydrogen (secondary N) is 2. The van der Waals surface area contributed by atoms with Crippen LogP contribution in [0.3, 0.4) is 0 Å². The normalized spacial score (nSPS) is 10.5. The molecule has 0 saturated carbocycles. The van der Waals surface area contributed by atoms with Crippen LogP contribution in [0.4, 0.5) is 17.3 Å². The van der Waals surface area contributed by atoms with Crippen molar-refractivity contribution in [3.8, 4) is 0 Å². The second-order valence-electron chi connectivity index (χ2n) is 5.51. The summed E-state index contributed by atoms with van der Waals surface area (Å²) in [7, 11) is 0. The van der Waals surface area contributed by atoms with Crippen molar-refractivity contribution in [3.63, 3.8) is 0 Å². The average Bonchev–Trinajstić information content (AvgIpc) is 2.96. The standard InChI is InChI=1S/C17H17N5O2/c1-10-4-5-11(2)13(6-10)20-17(23)14-8-19-16(9-18-14)21-15-7-12(3)24-22-15/h4-9H,1-3H3,(H,20,23)(H,19,21,22). The van der Waals surface area contributed by atoms with E-state index in [-0.39, 0.29) is 11.6 Å². The summed E-state index contributed by atoms with van der Waals surface area (Å²) in [6, 6.07) is 7.62. The molecule has 0 radical (unpaired) electrons. The zero-order chi connectivity index (χ0) is 17.1. The Morgan fingerprint density at radius 1 is 1.04 bits per heavy atom. The molecule has 0 aliphatic rings. The molecule has 7 heteroatoms. The molecule has 2 heterocycles. The van der Waals surface area contributed by atoms with E-state index in [4.69, 9.17) is 4.52 Å². The molecular weight excluding hydrogens is 306 g/mol. The molecule has 0 bridgehead atoms. The van der Waals surface area contributed by atoms with Gasteiger partial charge in [0.1, 0.15) is 17.3 Å². The van der Waals surface area contributed by atoms with E-state index < -0.39 is 0 Å². The number of carbonyl (C=O) groups is 1. The smallest absolute Gasteiger partial charge is 0.275 e. The Morgan fingerprint density at radius 2 is 1.88 bits per heavy atom. The van der Waals surface area contributed by atoms with Crippen molar-refractivity contribution in [1.82, 2.24) is 15.1 Å². The van der Waals surface area contributed by atoms with Crippen LogP contribution in [0.2, 0.25) is 0 Å². The molecule has 1 amide bonds. The first kappa shape index (κ1) is 15.7. The van der Waals surface area contributed by atoms with Crippen molar-refractivity contribution in [1.29, 1.82) is 0 Å². The Balaban J connectivity index is 1.70. The van der Waals surface area contributed by atoms with Crippen molar-refractivity contribution < 1.29 is 9.32 Å². The minimum Gasteiger partial charge on any atom is -0.360 e. The first-order valence-electron chi connectivity index (χ1n) is 7.42. The second kappa shape index (κ2) is 6.49. The van der Waals surface area contributed by atoms with Crippen LogP contribution in [0.25, 0.3) is 0 Å². The summed E-state index contributed by atoms with van der Waals surface area (Å²) in [5.41, 5.74) is 3.06. The highest BCUT2D eigenvalue weighted by Crippen LogP contribution is 2.17. The van der Waals surface area contributed by atoms with Crippen molar-refractivity contribution in [2.24, 2.45) is 0 Å². The molecule has 2 aromatic heterocycles. The Bertz CT molecular complexity index is 871. The number of rotatable bonds is 4. The highest BCUT2D eigenvalue weighted by molar-refractivity contribution is 6.03. The summed E-state index contributed by atoms with van der Waals surface area (Å²) in [6.45, 7) is 5.71. The number of hydrogen-bond acceptors (Lipinski definition) is 6. The number of carbonyl (C=O) groups excluding carboxylic acids is 1. The number of benzene rings is 1. The fraction of sp³-hybridized carbons (Fsp3) is 0.176. The summed E-state index contributed by atoms with van der Waals surface area (Å²) >= 11 is 0. The lowest BCUT2D eigenvalue weighted by atomic mass is 10.1. The fourth-order valence-corrected chi connectivity index (χ4v) is 2.12. The van der Waals surface area contributed by atoms with Gasteiger partial charge < -0.3 is 15.2 Å². The maximum absolute atomic E-state index is 12.3. The van der Waals surface area contributed by atoms with E-state index in [1.54, 1.807) is 13.0 Å². The molecule has 0 spiro atoms. The summed E-state index contributed by atoms with van der Waals surface area (Å²) < 4.78 is 4.96. The van der Waals surface area contributed by atoms with E-state index in [0.717, 1.165) is 16.8 Å². The number of nitrogens with zero attached hydrogens (tertiary/aromatic N) is 3. The predicted octanol–water partition coefficient (Wildman–Crippen LogP) is 3.39. The minimum atomic E-state index is -0.306. The number of aryl methyl sites for hydroxylation is 3. The van der Waals surface area contributed by atoms with Crippen LogP contribution in [0, 0.1) is 20.8 Å². The van der Waals surface area contributed by atoms with Gasteiger partial charge in [0.15, 0.2) is 5.82 Å². The van der Waals surface area contributed by atoms with Gasteiger partial charge in [-0.05, 0) is 38.0 Å². The Morgan fingerprint density at radius 3 is 2.54 bits per heavy atom. The number of aromatic nitrogens is 3. The van der Waals surface area contributed by atoms with E-state index in [0.29, 0.717) is 17.4 Å². The van der Waals surface area contributed by atoms with Gasteiger partial charge in [-0.2, -0.15) is 0 Å². The van der Waals surface area contributed by atoms with Crippen molar-refractivity contribution in [2.45, 2.75) is 20.8 Å². The third-order valence-electron chi connectivity index (χ3n) is 3.41. The van der Waals surface area contributed by atoms with Crippen LogP contribution < -0.4 is 10.6 Å². The molecule has 0 unspecified atom stereocenters. The van der Waals surface area contributed by atoms with E-state index in [1.807, 2.05) is 32.0 Å². The van der Waals surface area contributed by atoms with Crippen molar-refractivity contribution in [2.75, 3.05) is 10.6 Å². The Labute approximate surface area is 139 Å². The topological polar surface area (TPSA) is 92.9 Å². The lowest BCUT2D eigenvalue weighted by Gasteiger charge is -2.09. The van der Waals surface area contributed by atoms with Crippen LogP contribution in [0.1, 0.15) is 27.4 Å². The molecule has 0 atom stereocenters. The molecule has 2 N–H and O–H groups in total. The highest BCUT2D eigenvalue weighted by Gasteiger charge is 2.10. The number of hydrogen-bond donors (Lipinski definition) is 2. The Kier molecular flexibility index (Phi) is 4.24. The summed E-state index contributed by atoms with van der Waals surface area (Å²) in [5, 5.41) is 9.61. The summed E-state index contributed by atoms with van der Waals surface area (Å²) in [4.78, 5) is 20.6. The van der Waals surface area contributed by atoms with E-state index in [1.165, 1.54) is 12.4 Å². The van der Waals surface area contributed by atoms with Gasteiger partial charge in [-0.1, -0.05) is 17.3 Å². The molecule has 3 aromatic rings. The second-order valence-corrected chi connectivity index (χ2v) is 5.51. The van der Waals surface area contributed by atoms with Crippen LogP contribution in [-0.4, -0.2) is 21.0 Å². The van der Waals surface area contributed by atoms with Crippen LogP contribution >= 0.6 is 0 Å². The van der Waals surface area contributed by atoms with Gasteiger partial charge in [0, 0.05) is 11.8 Å². The van der Waals surface area contributed by atoms with Gasteiger partial charge in [0.25, 0.3) is 5.91 Å². The van der Waals surface area contributed by atoms with Crippen LogP contribution in [0.5, 0.6) is 0 Å². The van der Waals surface area contributed by atoms with Gasteiger partial charge in [0.05, 0.1) is 12.4 Å². The van der Waals surface area contributed by atoms with Crippen LogP contribution in [-0.2, 0) is 0 Å². The number of anilines is 3. The van der Waals surface area contributed by atoms with E-state index in [2.05, 4.69) is 25.8 Å². The summed E-state index contributed by atoms with van der Waals surface area (Å²) in [5.74, 6) is 1.40. The molecule has 0 aliphatic carbocycles. The zero-order valence-corrected chi connectivity index (χ0v) is 13.6. The molecule has 0 aliphatic heterocycles. The molecule has 0 fully saturated rings. The van der Waals surface area contributed by atoms with Crippen molar-refractivity contribution >= 4 is 23.2 Å². The van der Waals surface area contributed by atoms with Gasteiger partial charge in [-0.15, -0.1) is 0 Å². The van der Waals surface area contributed by atoms with Gasteiger partial charge in [-0.25, -0.2) is 9.97 Å². The lowest BCUT2D eigenvalue weighted by molar-refractivity contribution is 0.102. The molecule has 3 rings (SSSR count). The largest absolute Gasteiger partial charge is 0.360 e. The molecular formula is C17H17N5O2. The van der Waals surface area contributed by atoms with Gasteiger partial charge >= 0.3 is 0 Å². The maximum Gasteiger partial charge on any atom is 0.275 e. The molecule has 0 saturated heterocycles. The summed E-state index contributed by atoms with van der Waals surface area (Å²) in [6.07, 6.45) is 2.89. The Hall–Kier alpha value is -3.22. The SMILES string of the molecule is Cc1ccc(C)c(NC(=O)c2cnc(Nc3cc(C)on3)cn2)c1. The third kappa shape index (κ3) is 3.57. The third-order valence-corrected chi connectivity index (χ3v) is 3.41. The van der Waals surface area contributed by atoms with Gasteiger partial charge in [0.2, 0.25) is 0 Å². The minimum absolute atomic E-state index is 0.234. The molecule has 24 heavy (non-hydrogen) atoms. The van der Waals surface area contributed by atoms with Crippen molar-refractivity contribution in [3.05, 3.63) is 59.2 Å². The number of amides is 1. The highest BCUT2D eigenvalue weighted by atomic mass is 16.5. The molecule has 1 aromatic carbocycles. The zero-order valence-electron chi connectivity index (χ0n) is 13.6. The predicted molar refractivity (Wildman–Crippen MR) is 90.4 cm³/mol. The fourth-order valence-electron chi connectivity index (χ4n) is 2.12. The lowest BCUT2D eigenvalue weighted by Crippen LogP contribution is -2.15. The van der Waals surface area contributed by atoms with Crippen LogP contribution in [0.15, 0.2) is 41.2 Å². The van der Waals surface area contributed by atoms with E-state index >= 15 is 0 Å². The quantitative estimate of drug-likeness (QED) is 0.764. The maximum atomic E-state index is 12.3. The molecule has 122 valence electrons. The molecule has 7 nitrogen and oxygen atoms in total. The van der Waals surface area contributed by atoms with E-state index in [9.17, 15) is 4.79 Å². The average molecular weight is 323 g/mol.